The van der Waals surface area contributed by atoms with E-state index in [0.29, 0.717) is 4.99 Å². The molecule has 0 saturated carbocycles. The Labute approximate surface area is 102 Å². The number of nitrogens with one attached hydrogen (secondary N) is 1. The summed E-state index contributed by atoms with van der Waals surface area (Å²) in [5, 5.41) is 3.27. The number of nitrogens with zero attached hydrogens (tertiary/aromatic N) is 1. The van der Waals surface area contributed by atoms with Gasteiger partial charge in [0.25, 0.3) is 0 Å². The van der Waals surface area contributed by atoms with Crippen molar-refractivity contribution in [2.75, 3.05) is 11.9 Å². The summed E-state index contributed by atoms with van der Waals surface area (Å²) in [6, 6.07) is 3.74. The third-order valence-electron chi connectivity index (χ3n) is 2.40. The Morgan fingerprint density at radius 2 is 2.25 bits per heavy atom. The van der Waals surface area contributed by atoms with Crippen molar-refractivity contribution in [2.24, 2.45) is 5.73 Å². The highest BCUT2D eigenvalue weighted by atomic mass is 32.1. The van der Waals surface area contributed by atoms with Crippen molar-refractivity contribution in [3.8, 4) is 0 Å². The second-order valence-corrected chi connectivity index (χ2v) is 4.19. The largest absolute Gasteiger partial charge is 0.389 e. The first kappa shape index (κ1) is 12.9. The van der Waals surface area contributed by atoms with Gasteiger partial charge in [-0.15, -0.1) is 0 Å². The van der Waals surface area contributed by atoms with Crippen molar-refractivity contribution in [2.45, 2.75) is 32.6 Å². The molecule has 0 fully saturated rings. The zero-order valence-electron chi connectivity index (χ0n) is 9.70. The van der Waals surface area contributed by atoms with Crippen LogP contribution >= 0.6 is 12.2 Å². The molecule has 0 unspecified atom stereocenters. The van der Waals surface area contributed by atoms with Crippen molar-refractivity contribution in [1.82, 2.24) is 4.98 Å². The minimum atomic E-state index is 0.393. The molecule has 16 heavy (non-hydrogen) atoms. The molecular formula is C12H19N3S. The molecule has 0 aliphatic heterocycles. The standard InChI is InChI=1S/C12H19N3S/c1-2-3-4-5-8-14-12-10(11(13)16)7-6-9-15-12/h6-7,9H,2-5,8H2,1H3,(H2,13,16)(H,14,15). The van der Waals surface area contributed by atoms with E-state index in [4.69, 9.17) is 18.0 Å². The van der Waals surface area contributed by atoms with Crippen LogP contribution in [0.3, 0.4) is 0 Å². The number of pyridine rings is 1. The molecule has 3 nitrogen and oxygen atoms in total. The molecule has 0 aliphatic carbocycles. The lowest BCUT2D eigenvalue weighted by molar-refractivity contribution is 0.684. The second kappa shape index (κ2) is 7.17. The van der Waals surface area contributed by atoms with Crippen LogP contribution in [0.1, 0.15) is 38.2 Å². The molecule has 0 radical (unpaired) electrons. The fourth-order valence-corrected chi connectivity index (χ4v) is 1.67. The average molecular weight is 237 g/mol. The Morgan fingerprint density at radius 1 is 1.44 bits per heavy atom. The lowest BCUT2D eigenvalue weighted by atomic mass is 10.2. The van der Waals surface area contributed by atoms with Gasteiger partial charge in [0.05, 0.1) is 5.56 Å². The number of nitrogens with two attached hydrogens (primary N) is 1. The maximum absolute atomic E-state index is 5.62. The Bertz CT molecular complexity index is 339. The van der Waals surface area contributed by atoms with E-state index in [1.165, 1.54) is 19.3 Å². The first-order valence-electron chi connectivity index (χ1n) is 5.74. The van der Waals surface area contributed by atoms with Crippen LogP contribution in [0.2, 0.25) is 0 Å². The minimum absolute atomic E-state index is 0.393. The summed E-state index contributed by atoms with van der Waals surface area (Å²) >= 11 is 4.97. The molecular weight excluding hydrogens is 218 g/mol. The van der Waals surface area contributed by atoms with Gasteiger partial charge in [-0.2, -0.15) is 0 Å². The highest BCUT2D eigenvalue weighted by Crippen LogP contribution is 2.11. The Morgan fingerprint density at radius 3 is 2.94 bits per heavy atom. The van der Waals surface area contributed by atoms with Crippen LogP contribution in [0, 0.1) is 0 Å². The van der Waals surface area contributed by atoms with E-state index in [-0.39, 0.29) is 0 Å². The summed E-state index contributed by atoms with van der Waals surface area (Å²) in [4.78, 5) is 4.63. The summed E-state index contributed by atoms with van der Waals surface area (Å²) in [6.07, 6.45) is 6.68. The third-order valence-corrected chi connectivity index (χ3v) is 2.62. The molecule has 1 aromatic rings. The molecule has 0 atom stereocenters. The van der Waals surface area contributed by atoms with Gasteiger partial charge >= 0.3 is 0 Å². The third kappa shape index (κ3) is 4.14. The molecule has 0 spiro atoms. The molecule has 1 aromatic heterocycles. The topological polar surface area (TPSA) is 50.9 Å². The molecule has 0 saturated heterocycles. The Kier molecular flexibility index (Phi) is 5.78. The smallest absolute Gasteiger partial charge is 0.136 e. The monoisotopic (exact) mass is 237 g/mol. The zero-order valence-corrected chi connectivity index (χ0v) is 10.5. The van der Waals surface area contributed by atoms with Gasteiger partial charge in [-0.1, -0.05) is 38.4 Å². The van der Waals surface area contributed by atoms with Gasteiger partial charge in [0.15, 0.2) is 0 Å². The predicted octanol–water partition coefficient (Wildman–Crippen LogP) is 2.71. The number of unbranched alkanes of at least 4 members (excludes halogenated alkanes) is 3. The van der Waals surface area contributed by atoms with Crippen LogP contribution in [0.15, 0.2) is 18.3 Å². The number of hydrogen-bond acceptors (Lipinski definition) is 3. The lowest BCUT2D eigenvalue weighted by Gasteiger charge is -2.09. The predicted molar refractivity (Wildman–Crippen MR) is 72.8 cm³/mol. The quantitative estimate of drug-likeness (QED) is 0.565. The fourth-order valence-electron chi connectivity index (χ4n) is 1.50. The zero-order chi connectivity index (χ0) is 11.8. The van der Waals surface area contributed by atoms with E-state index in [0.717, 1.165) is 24.3 Å². The molecule has 88 valence electrons. The minimum Gasteiger partial charge on any atom is -0.389 e. The molecule has 4 heteroatoms. The fraction of sp³-hybridized carbons (Fsp3) is 0.500. The summed E-state index contributed by atoms with van der Waals surface area (Å²) in [5.74, 6) is 0.798. The SMILES string of the molecule is CCCCCCNc1ncccc1C(N)=S. The first-order valence-corrected chi connectivity index (χ1v) is 6.15. The first-order chi connectivity index (χ1) is 7.75. The number of aromatic nitrogens is 1. The van der Waals surface area contributed by atoms with Crippen LogP contribution in [-0.2, 0) is 0 Å². The maximum atomic E-state index is 5.62. The summed E-state index contributed by atoms with van der Waals surface area (Å²) < 4.78 is 0. The van der Waals surface area contributed by atoms with E-state index in [2.05, 4.69) is 17.2 Å². The van der Waals surface area contributed by atoms with Gasteiger partial charge < -0.3 is 11.1 Å². The molecule has 1 rings (SSSR count). The average Bonchev–Trinajstić information content (AvgIpc) is 2.29. The van der Waals surface area contributed by atoms with Crippen LogP contribution in [0.5, 0.6) is 0 Å². The van der Waals surface area contributed by atoms with Gasteiger partial charge in [0.2, 0.25) is 0 Å². The van der Waals surface area contributed by atoms with Gasteiger partial charge in [-0.25, -0.2) is 4.98 Å². The van der Waals surface area contributed by atoms with Gasteiger partial charge in [-0.3, -0.25) is 0 Å². The maximum Gasteiger partial charge on any atom is 0.136 e. The number of hydrogen-bond donors (Lipinski definition) is 2. The lowest BCUT2D eigenvalue weighted by Crippen LogP contribution is -2.14. The van der Waals surface area contributed by atoms with Crippen LogP contribution in [0.25, 0.3) is 0 Å². The van der Waals surface area contributed by atoms with Crippen LogP contribution in [0.4, 0.5) is 5.82 Å². The van der Waals surface area contributed by atoms with Crippen molar-refractivity contribution >= 4 is 23.0 Å². The number of thiocarbonyl (C=S) groups is 1. The summed E-state index contributed by atoms with van der Waals surface area (Å²) in [6.45, 7) is 3.13. The van der Waals surface area contributed by atoms with E-state index >= 15 is 0 Å². The Hall–Kier alpha value is -1.16. The normalized spacial score (nSPS) is 10.1. The van der Waals surface area contributed by atoms with E-state index < -0.39 is 0 Å². The number of anilines is 1. The van der Waals surface area contributed by atoms with Gasteiger partial charge in [-0.05, 0) is 18.6 Å². The van der Waals surface area contributed by atoms with Crippen LogP contribution in [-0.4, -0.2) is 16.5 Å². The van der Waals surface area contributed by atoms with Crippen molar-refractivity contribution in [1.29, 1.82) is 0 Å². The van der Waals surface area contributed by atoms with Crippen molar-refractivity contribution in [3.05, 3.63) is 23.9 Å². The molecule has 0 aromatic carbocycles. The van der Waals surface area contributed by atoms with E-state index in [9.17, 15) is 0 Å². The molecule has 0 bridgehead atoms. The second-order valence-electron chi connectivity index (χ2n) is 3.75. The number of rotatable bonds is 7. The molecule has 1 heterocycles. The summed E-state index contributed by atoms with van der Waals surface area (Å²) in [5.41, 5.74) is 6.44. The van der Waals surface area contributed by atoms with Crippen molar-refractivity contribution < 1.29 is 0 Å². The van der Waals surface area contributed by atoms with E-state index in [1.807, 2.05) is 12.1 Å². The Balaban J connectivity index is 2.44. The van der Waals surface area contributed by atoms with Gasteiger partial charge in [0, 0.05) is 12.7 Å². The van der Waals surface area contributed by atoms with E-state index in [1.54, 1.807) is 6.20 Å². The van der Waals surface area contributed by atoms with Crippen molar-refractivity contribution in [3.63, 3.8) is 0 Å². The highest BCUT2D eigenvalue weighted by Gasteiger charge is 2.04. The molecule has 0 aliphatic rings. The molecule has 3 N–H and O–H groups in total. The van der Waals surface area contributed by atoms with Gasteiger partial charge in [0.1, 0.15) is 10.8 Å². The van der Waals surface area contributed by atoms with Crippen LogP contribution < -0.4 is 11.1 Å². The highest BCUT2D eigenvalue weighted by molar-refractivity contribution is 7.80. The molecule has 0 amide bonds. The summed E-state index contributed by atoms with van der Waals surface area (Å²) in [7, 11) is 0.